The van der Waals surface area contributed by atoms with Crippen LogP contribution in [-0.4, -0.2) is 52.7 Å². The van der Waals surface area contributed by atoms with E-state index in [-0.39, 0.29) is 10.9 Å². The molecule has 6 N–H and O–H groups in total. The zero-order valence-electron chi connectivity index (χ0n) is 37.9. The lowest BCUT2D eigenvalue weighted by Gasteiger charge is -2.54. The average molecular weight is 875 g/mol. The van der Waals surface area contributed by atoms with E-state index in [0.29, 0.717) is 17.6 Å². The minimum Gasteiger partial charge on any atom is -0.399 e. The van der Waals surface area contributed by atoms with E-state index in [4.69, 9.17) is 15.6 Å². The first-order chi connectivity index (χ1) is 31.8. The van der Waals surface area contributed by atoms with Crippen molar-refractivity contribution in [1.29, 1.82) is 0 Å². The molecule has 340 valence electrons. The summed E-state index contributed by atoms with van der Waals surface area (Å²) in [5, 5.41) is 11.4. The molecule has 2 heterocycles. The van der Waals surface area contributed by atoms with Crippen LogP contribution in [0.4, 0.5) is 17.3 Å². The number of nitrogens with zero attached hydrogens (tertiary/aromatic N) is 3. The normalized spacial score (nSPS) is 28.8. The number of nitrogen functional groups attached to an aromatic ring is 1. The van der Waals surface area contributed by atoms with Crippen LogP contribution >= 0.6 is 0 Å². The van der Waals surface area contributed by atoms with Crippen molar-refractivity contribution in [3.8, 4) is 5.69 Å². The number of pyridine rings is 1. The maximum atomic E-state index is 13.3. The summed E-state index contributed by atoms with van der Waals surface area (Å²) < 4.78 is 1.80. The number of nitrogens with two attached hydrogens (primary N) is 1. The Morgan fingerprint density at radius 2 is 1.28 bits per heavy atom. The molecule has 0 saturated heterocycles. The molecule has 0 spiro atoms. The molecule has 8 fully saturated rings. The van der Waals surface area contributed by atoms with Crippen molar-refractivity contribution < 1.29 is 9.63 Å². The van der Waals surface area contributed by atoms with Crippen LogP contribution in [0.2, 0.25) is 0 Å². The summed E-state index contributed by atoms with van der Waals surface area (Å²) in [7, 11) is 1.34. The van der Waals surface area contributed by atoms with Crippen LogP contribution in [0.25, 0.3) is 16.7 Å². The first kappa shape index (κ1) is 42.5. The van der Waals surface area contributed by atoms with Crippen LogP contribution in [0.3, 0.4) is 0 Å². The van der Waals surface area contributed by atoms with E-state index in [2.05, 4.69) is 74.9 Å². The number of hydrogen-bond acceptors (Lipinski definition) is 9. The quantitative estimate of drug-likeness (QED) is 0.0581. The number of carbonyl (C=O) groups is 1. The topological polar surface area (TPSA) is 148 Å². The second kappa shape index (κ2) is 18.3. The summed E-state index contributed by atoms with van der Waals surface area (Å²) in [6, 6.07) is 24.5. The van der Waals surface area contributed by atoms with Gasteiger partial charge in [-0.15, -0.1) is 0 Å². The Hall–Kier alpha value is -5.10. The Bertz CT molecular complexity index is 2520. The number of fused-ring (bicyclic) bond motifs is 2. The molecule has 8 saturated carbocycles. The molecule has 0 unspecified atom stereocenters. The Labute approximate surface area is 383 Å². The van der Waals surface area contributed by atoms with Crippen molar-refractivity contribution in [1.82, 2.24) is 30.6 Å². The fourth-order valence-electron chi connectivity index (χ4n) is 14.2. The second-order valence-electron chi connectivity index (χ2n) is 21.0. The molecule has 3 aromatic carbocycles. The number of nitrogens with one attached hydrogen (secondary N) is 4. The van der Waals surface area contributed by atoms with Gasteiger partial charge in [0.15, 0.2) is 5.65 Å². The Kier molecular flexibility index (Phi) is 12.0. The standard InChI is InChI=1S/C36H40N6O3.C18H26N2/c1-45-41-35(44)31-20-42(29-10-7-24-3-2-4-25(24)18-29)34-30(33(31)43)19-38-36(40-34)39-28-8-5-21(6-9-28)11-12-37-32-26-14-22-13-23(16-26)17-27(32)15-22;19-17-3-1-12(2-4-17)5-6-20-18-15-8-13-7-14(10-15)11-16(18)9-13/h5-10,18-20,22-23,26-27,32,37H,2-4,11-17H2,1H3,(H,41,44)(H,38,39,40);1-4,13-16,18,20H,5-11,19H2. The number of anilines is 3. The van der Waals surface area contributed by atoms with Gasteiger partial charge >= 0.3 is 0 Å². The van der Waals surface area contributed by atoms with Crippen molar-refractivity contribution >= 4 is 34.3 Å². The molecule has 11 nitrogen and oxygen atoms in total. The average Bonchev–Trinajstić information content (AvgIpc) is 3.78. The molecule has 11 heteroatoms. The molecule has 8 bridgehead atoms. The molecule has 0 aliphatic heterocycles. The maximum Gasteiger partial charge on any atom is 0.280 e. The van der Waals surface area contributed by atoms with Crippen molar-refractivity contribution in [3.63, 3.8) is 0 Å². The monoisotopic (exact) mass is 875 g/mol. The molecule has 2 aromatic heterocycles. The van der Waals surface area contributed by atoms with Gasteiger partial charge in [-0.25, -0.2) is 10.5 Å². The summed E-state index contributed by atoms with van der Waals surface area (Å²) in [4.78, 5) is 40.1. The second-order valence-corrected chi connectivity index (χ2v) is 21.0. The summed E-state index contributed by atoms with van der Waals surface area (Å²) in [5.74, 6) is 7.67. The van der Waals surface area contributed by atoms with E-state index in [0.717, 1.165) is 116 Å². The lowest BCUT2D eigenvalue weighted by atomic mass is 9.54. The van der Waals surface area contributed by atoms with Gasteiger partial charge in [0.25, 0.3) is 5.91 Å². The van der Waals surface area contributed by atoms with E-state index < -0.39 is 11.3 Å². The summed E-state index contributed by atoms with van der Waals surface area (Å²) in [6.07, 6.45) is 23.2. The van der Waals surface area contributed by atoms with Gasteiger partial charge in [-0.2, -0.15) is 4.98 Å². The molecule has 5 aromatic rings. The third kappa shape index (κ3) is 8.96. The molecular weight excluding hydrogens is 809 g/mol. The van der Waals surface area contributed by atoms with E-state index >= 15 is 0 Å². The first-order valence-electron chi connectivity index (χ1n) is 24.8. The highest BCUT2D eigenvalue weighted by Crippen LogP contribution is 2.54. The van der Waals surface area contributed by atoms with Gasteiger partial charge in [0, 0.05) is 41.5 Å². The van der Waals surface area contributed by atoms with Crippen molar-refractivity contribution in [2.75, 3.05) is 31.2 Å². The van der Waals surface area contributed by atoms with Crippen LogP contribution in [-0.2, 0) is 30.5 Å². The third-order valence-electron chi connectivity index (χ3n) is 16.8. The highest BCUT2D eigenvalue weighted by atomic mass is 16.6. The molecular formula is C54H66N8O3. The SMILES string of the molecule is CONC(=O)c1cn(-c2ccc3c(c2)CCC3)c2nc(Nc3ccc(CCNC4C5CC6CC(C5)CC4C6)cc3)ncc2c1=O.Nc1ccc(CCNC2C3CC4CC(C3)CC2C4)cc1. The number of hydrogen-bond donors (Lipinski definition) is 5. The van der Waals surface area contributed by atoms with Crippen LogP contribution in [0.1, 0.15) is 103 Å². The summed E-state index contributed by atoms with van der Waals surface area (Å²) in [5.41, 5.74) is 15.8. The highest BCUT2D eigenvalue weighted by Gasteiger charge is 2.49. The Morgan fingerprint density at radius 1 is 0.723 bits per heavy atom. The molecule has 1 amide bonds. The third-order valence-corrected chi connectivity index (χ3v) is 16.8. The fourth-order valence-corrected chi connectivity index (χ4v) is 14.2. The van der Waals surface area contributed by atoms with Gasteiger partial charge in [0.2, 0.25) is 11.4 Å². The minimum atomic E-state index is -0.616. The number of rotatable bonds is 13. The van der Waals surface area contributed by atoms with E-state index in [1.807, 2.05) is 18.2 Å². The number of benzene rings is 3. The highest BCUT2D eigenvalue weighted by molar-refractivity contribution is 5.96. The predicted octanol–water partition coefficient (Wildman–Crippen LogP) is 8.49. The smallest absolute Gasteiger partial charge is 0.280 e. The lowest BCUT2D eigenvalue weighted by Crippen LogP contribution is -2.54. The number of amides is 1. The van der Waals surface area contributed by atoms with Gasteiger partial charge < -0.3 is 26.3 Å². The van der Waals surface area contributed by atoms with E-state index in [9.17, 15) is 9.59 Å². The number of aromatic nitrogens is 3. The van der Waals surface area contributed by atoms with Crippen LogP contribution in [0, 0.1) is 47.3 Å². The molecule has 0 radical (unpaired) electrons. The van der Waals surface area contributed by atoms with Gasteiger partial charge in [-0.3, -0.25) is 14.4 Å². The van der Waals surface area contributed by atoms with Crippen molar-refractivity contribution in [2.24, 2.45) is 47.3 Å². The molecule has 65 heavy (non-hydrogen) atoms. The van der Waals surface area contributed by atoms with Crippen LogP contribution in [0.15, 0.2) is 83.9 Å². The Balaban J connectivity index is 0.000000194. The van der Waals surface area contributed by atoms with E-state index in [1.165, 1.54) is 93.3 Å². The van der Waals surface area contributed by atoms with Gasteiger partial charge in [0.05, 0.1) is 12.5 Å². The maximum absolute atomic E-state index is 13.3. The fraction of sp³-hybridized carbons (Fsp3) is 0.519. The largest absolute Gasteiger partial charge is 0.399 e. The van der Waals surface area contributed by atoms with Crippen molar-refractivity contribution in [2.45, 2.75) is 108 Å². The molecule has 14 rings (SSSR count). The van der Waals surface area contributed by atoms with E-state index in [1.54, 1.807) is 17.2 Å². The van der Waals surface area contributed by atoms with Crippen LogP contribution < -0.4 is 32.6 Å². The lowest BCUT2D eigenvalue weighted by molar-refractivity contribution is -0.0133. The Morgan fingerprint density at radius 3 is 1.85 bits per heavy atom. The van der Waals surface area contributed by atoms with Crippen molar-refractivity contribution in [3.05, 3.63) is 117 Å². The number of hydroxylamine groups is 1. The summed E-state index contributed by atoms with van der Waals surface area (Å²) >= 11 is 0. The first-order valence-corrected chi connectivity index (χ1v) is 24.8. The molecule has 9 aliphatic carbocycles. The van der Waals surface area contributed by atoms with Gasteiger partial charge in [-0.1, -0.05) is 30.3 Å². The predicted molar refractivity (Wildman–Crippen MR) is 257 cm³/mol. The van der Waals surface area contributed by atoms with Crippen LogP contribution in [0.5, 0.6) is 0 Å². The molecule has 9 aliphatic rings. The molecule has 0 atom stereocenters. The van der Waals surface area contributed by atoms with Gasteiger partial charge in [-0.05, 0) is 215 Å². The minimum absolute atomic E-state index is 0.0393. The zero-order chi connectivity index (χ0) is 44.0. The summed E-state index contributed by atoms with van der Waals surface area (Å²) in [6.45, 7) is 2.13. The van der Waals surface area contributed by atoms with Gasteiger partial charge in [0.1, 0.15) is 5.56 Å². The number of aryl methyl sites for hydroxylation is 2. The zero-order valence-corrected chi connectivity index (χ0v) is 37.9. The number of carbonyl (C=O) groups excluding carboxylic acids is 1.